The molecule has 0 aromatic heterocycles. The van der Waals surface area contributed by atoms with Crippen LogP contribution in [0.4, 0.5) is 0 Å². The zero-order chi connectivity index (χ0) is 19.7. The molecule has 0 fully saturated rings. The highest BCUT2D eigenvalue weighted by atomic mass is 28.4. The highest BCUT2D eigenvalue weighted by molar-refractivity contribution is 6.86. The molecule has 148 valence electrons. The molecular formula is C20H42O3Si2. The zero-order valence-corrected chi connectivity index (χ0v) is 20.0. The fourth-order valence-electron chi connectivity index (χ4n) is 3.08. The van der Waals surface area contributed by atoms with Gasteiger partial charge in [-0.05, 0) is 52.9 Å². The van der Waals surface area contributed by atoms with E-state index in [1.165, 1.54) is 0 Å². The normalized spacial score (nSPS) is 17.0. The van der Waals surface area contributed by atoms with Crippen LogP contribution in [0, 0.1) is 0 Å². The van der Waals surface area contributed by atoms with E-state index in [0.29, 0.717) is 13.2 Å². The summed E-state index contributed by atoms with van der Waals surface area (Å²) in [6.45, 7) is 26.8. The van der Waals surface area contributed by atoms with Crippen molar-refractivity contribution >= 4 is 16.6 Å². The van der Waals surface area contributed by atoms with E-state index in [1.807, 2.05) is 13.8 Å². The Balaban J connectivity index is 5.70. The lowest BCUT2D eigenvalue weighted by atomic mass is 10.3. The van der Waals surface area contributed by atoms with E-state index < -0.39 is 16.6 Å². The van der Waals surface area contributed by atoms with Gasteiger partial charge in [-0.25, -0.2) is 0 Å². The molecule has 3 nitrogen and oxygen atoms in total. The molecular weight excluding hydrogens is 344 g/mol. The summed E-state index contributed by atoms with van der Waals surface area (Å²) in [7, 11) is -4.02. The van der Waals surface area contributed by atoms with Crippen LogP contribution in [0.1, 0.15) is 53.4 Å². The molecule has 0 saturated heterocycles. The highest BCUT2D eigenvalue weighted by Crippen LogP contribution is 2.30. The van der Waals surface area contributed by atoms with Crippen molar-refractivity contribution in [1.82, 2.24) is 0 Å². The smallest absolute Gasteiger partial charge is 0.235 e. The van der Waals surface area contributed by atoms with Crippen LogP contribution in [-0.2, 0) is 13.6 Å². The van der Waals surface area contributed by atoms with Crippen molar-refractivity contribution in [3.8, 4) is 0 Å². The molecule has 0 saturated carbocycles. The van der Waals surface area contributed by atoms with E-state index in [9.17, 15) is 0 Å². The van der Waals surface area contributed by atoms with Crippen LogP contribution in [0.2, 0.25) is 26.2 Å². The first-order valence-electron chi connectivity index (χ1n) is 9.68. The van der Waals surface area contributed by atoms with Crippen molar-refractivity contribution in [3.63, 3.8) is 0 Å². The summed E-state index contributed by atoms with van der Waals surface area (Å²) in [6.07, 6.45) is 4.18. The van der Waals surface area contributed by atoms with Crippen LogP contribution in [-0.4, -0.2) is 41.3 Å². The Bertz CT molecular complexity index is 388. The Kier molecular flexibility index (Phi) is 11.4. The summed E-state index contributed by atoms with van der Waals surface area (Å²) in [5.41, 5.74) is 2.37. The fraction of sp³-hybridized carbons (Fsp3) is 0.800. The van der Waals surface area contributed by atoms with Gasteiger partial charge < -0.3 is 13.6 Å². The van der Waals surface area contributed by atoms with Crippen molar-refractivity contribution in [2.45, 2.75) is 91.0 Å². The fourth-order valence-corrected chi connectivity index (χ4v) is 12.4. The average molecular weight is 387 g/mol. The van der Waals surface area contributed by atoms with E-state index >= 15 is 0 Å². The van der Waals surface area contributed by atoms with Gasteiger partial charge in [-0.15, -0.1) is 0 Å². The Labute approximate surface area is 159 Å². The van der Waals surface area contributed by atoms with Gasteiger partial charge in [-0.1, -0.05) is 51.0 Å². The lowest BCUT2D eigenvalue weighted by Crippen LogP contribution is -2.63. The van der Waals surface area contributed by atoms with Crippen molar-refractivity contribution in [1.29, 1.82) is 0 Å². The molecule has 0 aromatic rings. The van der Waals surface area contributed by atoms with Gasteiger partial charge in [-0.2, -0.15) is 0 Å². The predicted octanol–water partition coefficient (Wildman–Crippen LogP) is 6.01. The molecule has 0 radical (unpaired) electrons. The van der Waals surface area contributed by atoms with Gasteiger partial charge in [0.05, 0.1) is 24.7 Å². The Hall–Kier alpha value is -0.206. The van der Waals surface area contributed by atoms with Gasteiger partial charge in [0, 0.05) is 0 Å². The molecule has 0 spiro atoms. The van der Waals surface area contributed by atoms with Crippen molar-refractivity contribution in [2.75, 3.05) is 13.2 Å². The summed E-state index contributed by atoms with van der Waals surface area (Å²) in [5.74, 6) is 0. The third-order valence-corrected chi connectivity index (χ3v) is 11.6. The molecule has 0 rings (SSSR count). The molecule has 2 unspecified atom stereocenters. The first kappa shape index (κ1) is 24.8. The molecule has 0 bridgehead atoms. The van der Waals surface area contributed by atoms with Crippen LogP contribution in [0.5, 0.6) is 0 Å². The number of hydrogen-bond acceptors (Lipinski definition) is 3. The second-order valence-electron chi connectivity index (χ2n) is 8.49. The summed E-state index contributed by atoms with van der Waals surface area (Å²) in [4.78, 5) is 0. The van der Waals surface area contributed by atoms with Gasteiger partial charge in [0.15, 0.2) is 8.32 Å². The molecule has 25 heavy (non-hydrogen) atoms. The van der Waals surface area contributed by atoms with Gasteiger partial charge in [-0.3, -0.25) is 0 Å². The van der Waals surface area contributed by atoms with Crippen molar-refractivity contribution in [2.24, 2.45) is 0 Å². The number of hydrogen-bond donors (Lipinski definition) is 0. The third kappa shape index (κ3) is 9.90. The van der Waals surface area contributed by atoms with Crippen LogP contribution < -0.4 is 0 Å². The molecule has 0 aromatic carbocycles. The Morgan fingerprint density at radius 2 is 1.16 bits per heavy atom. The van der Waals surface area contributed by atoms with Crippen LogP contribution in [0.25, 0.3) is 0 Å². The summed E-state index contributed by atoms with van der Waals surface area (Å²) >= 11 is 0. The Morgan fingerprint density at radius 1 is 0.800 bits per heavy atom. The van der Waals surface area contributed by atoms with E-state index in [1.54, 1.807) is 0 Å². The standard InChI is InChI=1S/C20H42O3Si2/c1-11-13-19(21-15-17(3)4)25(10,23-24(7,8)9)20(14-12-2)22-16-18(5)6/h19-20H,3,5,11-16H2,1-2,4,6-10H3. The van der Waals surface area contributed by atoms with E-state index in [2.05, 4.69) is 53.2 Å². The maximum absolute atomic E-state index is 6.89. The molecule has 2 atom stereocenters. The van der Waals surface area contributed by atoms with E-state index in [4.69, 9.17) is 13.6 Å². The van der Waals surface area contributed by atoms with Gasteiger partial charge >= 0.3 is 0 Å². The Morgan fingerprint density at radius 3 is 1.40 bits per heavy atom. The lowest BCUT2D eigenvalue weighted by molar-refractivity contribution is 0.0605. The molecule has 0 amide bonds. The summed E-state index contributed by atoms with van der Waals surface area (Å²) in [6, 6.07) is 0. The molecule has 5 heteroatoms. The zero-order valence-electron chi connectivity index (χ0n) is 18.0. The van der Waals surface area contributed by atoms with Crippen LogP contribution in [0.15, 0.2) is 24.3 Å². The molecule has 0 aliphatic heterocycles. The average Bonchev–Trinajstić information content (AvgIpc) is 2.45. The largest absolute Gasteiger partial charge is 0.453 e. The molecule has 0 aliphatic rings. The molecule has 0 N–H and O–H groups in total. The summed E-state index contributed by atoms with van der Waals surface area (Å²) < 4.78 is 19.6. The number of ether oxygens (including phenoxy) is 2. The molecule has 0 aliphatic carbocycles. The predicted molar refractivity (Wildman–Crippen MR) is 115 cm³/mol. The SMILES string of the molecule is C=C(C)COC(CCC)[Si](C)(O[Si](C)(C)C)C(CCC)OCC(=C)C. The monoisotopic (exact) mass is 386 g/mol. The van der Waals surface area contributed by atoms with Crippen molar-refractivity contribution in [3.05, 3.63) is 24.3 Å². The summed E-state index contributed by atoms with van der Waals surface area (Å²) in [5, 5.41) is 0. The van der Waals surface area contributed by atoms with Gasteiger partial charge in [0.1, 0.15) is 0 Å². The minimum absolute atomic E-state index is 0.127. The second kappa shape index (κ2) is 11.5. The van der Waals surface area contributed by atoms with Crippen LogP contribution in [0.3, 0.4) is 0 Å². The second-order valence-corrected chi connectivity index (χ2v) is 17.2. The third-order valence-electron chi connectivity index (χ3n) is 3.97. The van der Waals surface area contributed by atoms with Crippen molar-refractivity contribution < 1.29 is 13.6 Å². The maximum Gasteiger partial charge on any atom is 0.235 e. The van der Waals surface area contributed by atoms with Gasteiger partial charge in [0.2, 0.25) is 8.32 Å². The van der Waals surface area contributed by atoms with E-state index in [-0.39, 0.29) is 11.5 Å². The van der Waals surface area contributed by atoms with E-state index in [0.717, 1.165) is 36.8 Å². The highest BCUT2D eigenvalue weighted by Gasteiger charge is 2.49. The maximum atomic E-state index is 6.89. The lowest BCUT2D eigenvalue weighted by Gasteiger charge is -2.44. The topological polar surface area (TPSA) is 27.7 Å². The van der Waals surface area contributed by atoms with Crippen LogP contribution >= 0.6 is 0 Å². The minimum Gasteiger partial charge on any atom is -0.453 e. The first-order chi connectivity index (χ1) is 11.5. The quantitative estimate of drug-likeness (QED) is 0.270. The van der Waals surface area contributed by atoms with Gasteiger partial charge in [0.25, 0.3) is 0 Å². The number of rotatable bonds is 14. The minimum atomic E-state index is -2.28. The first-order valence-corrected chi connectivity index (χ1v) is 15.7. The molecule has 0 heterocycles.